The lowest BCUT2D eigenvalue weighted by atomic mass is 9.54. The van der Waals surface area contributed by atoms with Crippen LogP contribution in [0.15, 0.2) is 36.4 Å². The third kappa shape index (κ3) is 4.28. The summed E-state index contributed by atoms with van der Waals surface area (Å²) < 4.78 is 6.13. The Balaban J connectivity index is 1.27. The summed E-state index contributed by atoms with van der Waals surface area (Å²) in [6.45, 7) is 1.19. The van der Waals surface area contributed by atoms with Crippen molar-refractivity contribution in [1.82, 2.24) is 5.32 Å². The smallest absolute Gasteiger partial charge is 0.124 e. The summed E-state index contributed by atoms with van der Waals surface area (Å²) >= 11 is 18.6. The van der Waals surface area contributed by atoms with Gasteiger partial charge in [-0.3, -0.25) is 0 Å². The first kappa shape index (κ1) is 20.0. The quantitative estimate of drug-likeness (QED) is 0.505. The van der Waals surface area contributed by atoms with E-state index in [9.17, 15) is 0 Å². The molecule has 0 spiro atoms. The van der Waals surface area contributed by atoms with E-state index in [0.29, 0.717) is 22.7 Å². The maximum Gasteiger partial charge on any atom is 0.124 e. The number of rotatable bonds is 6. The molecule has 2 aromatic carbocycles. The highest BCUT2D eigenvalue weighted by Crippen LogP contribution is 2.53. The van der Waals surface area contributed by atoms with E-state index >= 15 is 0 Å². The SMILES string of the molecule is Clc1ccc(COc2ccc(Cl)cc2CNC2C3CC4CC(C3)CC2C4)c(Cl)c1. The maximum atomic E-state index is 6.30. The summed E-state index contributed by atoms with van der Waals surface area (Å²) in [6, 6.07) is 12.0. The third-order valence-corrected chi connectivity index (χ3v) is 8.00. The summed E-state index contributed by atoms with van der Waals surface area (Å²) in [6.07, 6.45) is 7.15. The van der Waals surface area contributed by atoms with Gasteiger partial charge in [0.1, 0.15) is 12.4 Å². The van der Waals surface area contributed by atoms with Gasteiger partial charge in [0.25, 0.3) is 0 Å². The number of ether oxygens (including phenoxy) is 1. The third-order valence-electron chi connectivity index (χ3n) is 7.18. The molecule has 5 heteroatoms. The molecule has 0 atom stereocenters. The van der Waals surface area contributed by atoms with Crippen molar-refractivity contribution in [3.63, 3.8) is 0 Å². The molecule has 4 fully saturated rings. The molecule has 0 aromatic heterocycles. The zero-order valence-corrected chi connectivity index (χ0v) is 18.6. The Bertz CT molecular complexity index is 872. The van der Waals surface area contributed by atoms with Crippen LogP contribution in [0.2, 0.25) is 15.1 Å². The maximum absolute atomic E-state index is 6.30. The fourth-order valence-corrected chi connectivity index (χ4v) is 6.77. The standard InChI is InChI=1S/C24H26Cl3NO/c25-20-3-4-23(29-13-16-1-2-21(26)11-22(16)27)19(10-20)12-28-24-17-6-14-5-15(8-17)9-18(24)7-14/h1-4,10-11,14-15,17-18,24,28H,5-9,12-13H2. The highest BCUT2D eigenvalue weighted by Gasteiger charge is 2.47. The number of hydrogen-bond donors (Lipinski definition) is 1. The van der Waals surface area contributed by atoms with E-state index in [1.54, 1.807) is 6.07 Å². The number of halogens is 3. The van der Waals surface area contributed by atoms with Gasteiger partial charge in [0, 0.05) is 38.8 Å². The lowest BCUT2D eigenvalue weighted by Crippen LogP contribution is -2.54. The van der Waals surface area contributed by atoms with Crippen molar-refractivity contribution in [2.24, 2.45) is 23.7 Å². The summed E-state index contributed by atoms with van der Waals surface area (Å²) in [7, 11) is 0. The van der Waals surface area contributed by atoms with E-state index < -0.39 is 0 Å². The van der Waals surface area contributed by atoms with Gasteiger partial charge in [-0.25, -0.2) is 0 Å². The molecule has 2 aromatic rings. The minimum Gasteiger partial charge on any atom is -0.489 e. The van der Waals surface area contributed by atoms with Crippen LogP contribution in [0.4, 0.5) is 0 Å². The van der Waals surface area contributed by atoms with Crippen molar-refractivity contribution >= 4 is 34.8 Å². The van der Waals surface area contributed by atoms with Gasteiger partial charge in [-0.1, -0.05) is 40.9 Å². The van der Waals surface area contributed by atoms with Crippen LogP contribution in [0.1, 0.15) is 43.2 Å². The number of hydrogen-bond acceptors (Lipinski definition) is 2. The first-order valence-corrected chi connectivity index (χ1v) is 11.8. The van der Waals surface area contributed by atoms with Crippen molar-refractivity contribution in [2.75, 3.05) is 0 Å². The van der Waals surface area contributed by atoms with E-state index in [4.69, 9.17) is 39.5 Å². The second-order valence-electron chi connectivity index (χ2n) is 9.11. The van der Waals surface area contributed by atoms with E-state index in [-0.39, 0.29) is 0 Å². The van der Waals surface area contributed by atoms with Gasteiger partial charge in [0.15, 0.2) is 0 Å². The predicted molar refractivity (Wildman–Crippen MR) is 120 cm³/mol. The molecule has 2 nitrogen and oxygen atoms in total. The number of benzene rings is 2. The summed E-state index contributed by atoms with van der Waals surface area (Å²) in [5.41, 5.74) is 2.03. The molecule has 0 amide bonds. The topological polar surface area (TPSA) is 21.3 Å². The van der Waals surface area contributed by atoms with E-state index in [1.165, 1.54) is 32.1 Å². The second kappa shape index (κ2) is 8.30. The molecule has 0 heterocycles. The van der Waals surface area contributed by atoms with Crippen LogP contribution in [0, 0.1) is 23.7 Å². The molecule has 4 saturated carbocycles. The molecule has 0 radical (unpaired) electrons. The molecular weight excluding hydrogens is 425 g/mol. The van der Waals surface area contributed by atoms with Crippen LogP contribution < -0.4 is 10.1 Å². The molecule has 6 rings (SSSR count). The highest BCUT2D eigenvalue weighted by atomic mass is 35.5. The average Bonchev–Trinajstić information content (AvgIpc) is 2.67. The van der Waals surface area contributed by atoms with Crippen molar-refractivity contribution in [3.05, 3.63) is 62.6 Å². The Labute approximate surface area is 187 Å². The first-order valence-electron chi connectivity index (χ1n) is 10.6. The van der Waals surface area contributed by atoms with Gasteiger partial charge in [-0.2, -0.15) is 0 Å². The zero-order valence-electron chi connectivity index (χ0n) is 16.3. The molecule has 0 unspecified atom stereocenters. The van der Waals surface area contributed by atoms with Gasteiger partial charge in [-0.05, 0) is 86.1 Å². The molecule has 154 valence electrons. The fraction of sp³-hybridized carbons (Fsp3) is 0.500. The average molecular weight is 451 g/mol. The predicted octanol–water partition coefficient (Wildman–Crippen LogP) is 7.14. The van der Waals surface area contributed by atoms with Crippen LogP contribution in [0.5, 0.6) is 5.75 Å². The molecule has 4 aliphatic rings. The van der Waals surface area contributed by atoms with E-state index in [2.05, 4.69) is 5.32 Å². The van der Waals surface area contributed by atoms with E-state index in [0.717, 1.165) is 52.1 Å². The summed E-state index contributed by atoms with van der Waals surface area (Å²) in [5.74, 6) is 4.54. The summed E-state index contributed by atoms with van der Waals surface area (Å²) in [4.78, 5) is 0. The van der Waals surface area contributed by atoms with Crippen molar-refractivity contribution < 1.29 is 4.74 Å². The van der Waals surface area contributed by atoms with Crippen LogP contribution in [0.25, 0.3) is 0 Å². The second-order valence-corrected chi connectivity index (χ2v) is 10.4. The van der Waals surface area contributed by atoms with Gasteiger partial charge in [0.2, 0.25) is 0 Å². The Morgan fingerprint density at radius 2 is 1.45 bits per heavy atom. The lowest BCUT2D eigenvalue weighted by molar-refractivity contribution is -0.0143. The van der Waals surface area contributed by atoms with Crippen LogP contribution in [-0.2, 0) is 13.2 Å². The van der Waals surface area contributed by atoms with E-state index in [1.807, 2.05) is 30.3 Å². The normalized spacial score (nSPS) is 30.0. The van der Waals surface area contributed by atoms with Gasteiger partial charge >= 0.3 is 0 Å². The molecule has 4 aliphatic carbocycles. The van der Waals surface area contributed by atoms with Gasteiger partial charge in [-0.15, -0.1) is 0 Å². The molecule has 1 N–H and O–H groups in total. The molecule has 4 bridgehead atoms. The van der Waals surface area contributed by atoms with Crippen molar-refractivity contribution in [2.45, 2.75) is 51.3 Å². The Morgan fingerprint density at radius 3 is 2.14 bits per heavy atom. The van der Waals surface area contributed by atoms with Crippen LogP contribution in [-0.4, -0.2) is 6.04 Å². The number of nitrogens with one attached hydrogen (secondary N) is 1. The van der Waals surface area contributed by atoms with Crippen LogP contribution >= 0.6 is 34.8 Å². The largest absolute Gasteiger partial charge is 0.489 e. The minimum atomic E-state index is 0.405. The zero-order chi connectivity index (χ0) is 20.0. The lowest BCUT2D eigenvalue weighted by Gasteiger charge is -2.54. The van der Waals surface area contributed by atoms with Crippen molar-refractivity contribution in [3.8, 4) is 5.75 Å². The fourth-order valence-electron chi connectivity index (χ4n) is 6.11. The van der Waals surface area contributed by atoms with Crippen molar-refractivity contribution in [1.29, 1.82) is 0 Å². The van der Waals surface area contributed by atoms with Crippen LogP contribution in [0.3, 0.4) is 0 Å². The molecule has 0 aliphatic heterocycles. The Kier molecular flexibility index (Phi) is 5.73. The monoisotopic (exact) mass is 449 g/mol. The molecule has 29 heavy (non-hydrogen) atoms. The molecule has 0 saturated heterocycles. The molecular formula is C24H26Cl3NO. The minimum absolute atomic E-state index is 0.405. The van der Waals surface area contributed by atoms with Gasteiger partial charge < -0.3 is 10.1 Å². The summed E-state index contributed by atoms with van der Waals surface area (Å²) in [5, 5.41) is 5.88. The highest BCUT2D eigenvalue weighted by molar-refractivity contribution is 6.35. The Hall–Kier alpha value is -0.930. The first-order chi connectivity index (χ1) is 14.0. The van der Waals surface area contributed by atoms with Gasteiger partial charge in [0.05, 0.1) is 0 Å². The Morgan fingerprint density at radius 1 is 0.793 bits per heavy atom.